The predicted octanol–water partition coefficient (Wildman–Crippen LogP) is 4.33. The van der Waals surface area contributed by atoms with Gasteiger partial charge >= 0.3 is 21.1 Å². The van der Waals surface area contributed by atoms with Crippen LogP contribution in [-0.2, 0) is 21.1 Å². The molecule has 0 atom stereocenters. The standard InChI is InChI=1S/C16H16.W/c1-11-5-7-15(13(3)9-11)16-8-6-12(2)10-14(16)4;/h5-10H,3-4H2,1-2H3;/q-2;+2. The van der Waals surface area contributed by atoms with Gasteiger partial charge in [-0.2, -0.15) is 48.2 Å². The fourth-order valence-electron chi connectivity index (χ4n) is 1.97. The molecule has 0 N–H and O–H groups in total. The second-order valence-corrected chi connectivity index (χ2v) is 4.32. The summed E-state index contributed by atoms with van der Waals surface area (Å²) >= 11 is 0. The van der Waals surface area contributed by atoms with E-state index in [-0.39, 0.29) is 21.1 Å². The minimum atomic E-state index is 0. The molecule has 2 rings (SSSR count). The van der Waals surface area contributed by atoms with E-state index in [1.807, 2.05) is 0 Å². The first-order chi connectivity index (χ1) is 7.58. The second kappa shape index (κ2) is 5.47. The SMILES string of the molecule is [CH2-]c1cc(C)ccc1-c1ccc(C)cc1[CH2-].[W+2]. The Morgan fingerprint density at radius 2 is 1.06 bits per heavy atom. The zero-order chi connectivity index (χ0) is 11.7. The summed E-state index contributed by atoms with van der Waals surface area (Å²) in [6.07, 6.45) is 0. The predicted molar refractivity (Wildman–Crippen MR) is 70.3 cm³/mol. The Morgan fingerprint density at radius 3 is 1.35 bits per heavy atom. The first-order valence-corrected chi connectivity index (χ1v) is 5.43. The molecule has 0 fully saturated rings. The van der Waals surface area contributed by atoms with Gasteiger partial charge in [0, 0.05) is 0 Å². The van der Waals surface area contributed by atoms with Crippen molar-refractivity contribution in [2.75, 3.05) is 0 Å². The average Bonchev–Trinajstić information content (AvgIpc) is 2.19. The molecular weight excluding hydrogens is 376 g/mol. The summed E-state index contributed by atoms with van der Waals surface area (Å²) < 4.78 is 0. The Balaban J connectivity index is 0.00000144. The van der Waals surface area contributed by atoms with Gasteiger partial charge in [-0.25, -0.2) is 0 Å². The summed E-state index contributed by atoms with van der Waals surface area (Å²) in [6.45, 7) is 12.4. The quantitative estimate of drug-likeness (QED) is 0.634. The van der Waals surface area contributed by atoms with Gasteiger partial charge in [0.2, 0.25) is 0 Å². The van der Waals surface area contributed by atoms with Gasteiger partial charge in [-0.1, -0.05) is 26.0 Å². The first-order valence-electron chi connectivity index (χ1n) is 5.43. The molecule has 0 saturated carbocycles. The molecule has 0 aliphatic rings. The van der Waals surface area contributed by atoms with E-state index in [0.29, 0.717) is 0 Å². The molecule has 0 aliphatic heterocycles. The summed E-state index contributed by atoms with van der Waals surface area (Å²) in [5.74, 6) is 0. The topological polar surface area (TPSA) is 0 Å². The number of benzene rings is 2. The maximum Gasteiger partial charge on any atom is 2.00 e. The van der Waals surface area contributed by atoms with Crippen molar-refractivity contribution in [3.8, 4) is 11.1 Å². The number of hydrogen-bond donors (Lipinski definition) is 0. The Hall–Kier alpha value is -1.13. The van der Waals surface area contributed by atoms with E-state index in [4.69, 9.17) is 0 Å². The Morgan fingerprint density at radius 1 is 0.706 bits per heavy atom. The molecule has 0 bridgehead atoms. The smallest absolute Gasteiger partial charge is 0.199 e. The Kier molecular flexibility index (Phi) is 4.48. The second-order valence-electron chi connectivity index (χ2n) is 4.32. The minimum absolute atomic E-state index is 0. The molecular formula is C16H16W. The fourth-order valence-corrected chi connectivity index (χ4v) is 1.97. The number of hydrogen-bond acceptors (Lipinski definition) is 0. The van der Waals surface area contributed by atoms with Gasteiger partial charge in [-0.3, -0.25) is 0 Å². The summed E-state index contributed by atoms with van der Waals surface area (Å²) in [4.78, 5) is 0. The van der Waals surface area contributed by atoms with E-state index >= 15 is 0 Å². The van der Waals surface area contributed by atoms with Gasteiger partial charge in [-0.15, -0.1) is 23.3 Å². The van der Waals surface area contributed by atoms with Crippen molar-refractivity contribution in [1.82, 2.24) is 0 Å². The van der Waals surface area contributed by atoms with E-state index in [9.17, 15) is 0 Å². The monoisotopic (exact) mass is 392 g/mol. The van der Waals surface area contributed by atoms with E-state index in [0.717, 1.165) is 11.1 Å². The van der Waals surface area contributed by atoms with Crippen molar-refractivity contribution < 1.29 is 21.1 Å². The first kappa shape index (κ1) is 13.9. The molecule has 0 amide bonds. The molecule has 2 aromatic carbocycles. The van der Waals surface area contributed by atoms with Crippen LogP contribution in [0, 0.1) is 27.7 Å². The third kappa shape index (κ3) is 2.95. The van der Waals surface area contributed by atoms with Gasteiger partial charge in [0.15, 0.2) is 0 Å². The van der Waals surface area contributed by atoms with Crippen molar-refractivity contribution in [1.29, 1.82) is 0 Å². The Bertz CT molecular complexity index is 478. The fraction of sp³-hybridized carbons (Fsp3) is 0.125. The number of rotatable bonds is 1. The van der Waals surface area contributed by atoms with Crippen LogP contribution in [0.1, 0.15) is 22.3 Å². The van der Waals surface area contributed by atoms with Crippen molar-refractivity contribution >= 4 is 0 Å². The molecule has 0 nitrogen and oxygen atoms in total. The molecule has 86 valence electrons. The molecule has 0 heterocycles. The molecule has 0 aliphatic carbocycles. The molecule has 0 unspecified atom stereocenters. The average molecular weight is 392 g/mol. The molecule has 0 spiro atoms. The normalized spacial score (nSPS) is 9.76. The molecule has 17 heavy (non-hydrogen) atoms. The maximum atomic E-state index is 4.09. The summed E-state index contributed by atoms with van der Waals surface area (Å²) in [5, 5.41) is 0. The molecule has 1 heteroatoms. The van der Waals surface area contributed by atoms with Crippen molar-refractivity contribution in [2.45, 2.75) is 13.8 Å². The Labute approximate surface area is 118 Å². The van der Waals surface area contributed by atoms with Crippen LogP contribution in [0.15, 0.2) is 36.4 Å². The van der Waals surface area contributed by atoms with Crippen molar-refractivity contribution in [3.63, 3.8) is 0 Å². The van der Waals surface area contributed by atoms with Crippen molar-refractivity contribution in [2.24, 2.45) is 0 Å². The summed E-state index contributed by atoms with van der Waals surface area (Å²) in [7, 11) is 0. The zero-order valence-corrected chi connectivity index (χ0v) is 13.2. The molecule has 2 aromatic rings. The number of aryl methyl sites for hydroxylation is 2. The van der Waals surface area contributed by atoms with Crippen LogP contribution in [0.2, 0.25) is 0 Å². The maximum absolute atomic E-state index is 4.09. The van der Waals surface area contributed by atoms with E-state index in [1.165, 1.54) is 22.3 Å². The molecule has 0 saturated heterocycles. The van der Waals surface area contributed by atoms with Crippen LogP contribution < -0.4 is 0 Å². The molecule has 0 radical (unpaired) electrons. The van der Waals surface area contributed by atoms with Gasteiger partial charge in [-0.05, 0) is 0 Å². The third-order valence-corrected chi connectivity index (χ3v) is 2.81. The molecule has 0 aromatic heterocycles. The van der Waals surface area contributed by atoms with Gasteiger partial charge in [0.05, 0.1) is 0 Å². The van der Waals surface area contributed by atoms with Crippen molar-refractivity contribution in [3.05, 3.63) is 72.5 Å². The van der Waals surface area contributed by atoms with Crippen LogP contribution in [-0.4, -0.2) is 0 Å². The van der Waals surface area contributed by atoms with E-state index in [2.05, 4.69) is 64.1 Å². The van der Waals surface area contributed by atoms with E-state index in [1.54, 1.807) is 0 Å². The van der Waals surface area contributed by atoms with Crippen LogP contribution >= 0.6 is 0 Å². The minimum Gasteiger partial charge on any atom is -0.199 e. The van der Waals surface area contributed by atoms with Crippen LogP contribution in [0.5, 0.6) is 0 Å². The van der Waals surface area contributed by atoms with Gasteiger partial charge < -0.3 is 0 Å². The van der Waals surface area contributed by atoms with Crippen LogP contribution in [0.3, 0.4) is 0 Å². The zero-order valence-electron chi connectivity index (χ0n) is 10.3. The summed E-state index contributed by atoms with van der Waals surface area (Å²) in [6, 6.07) is 12.7. The van der Waals surface area contributed by atoms with Gasteiger partial charge in [0.1, 0.15) is 0 Å². The van der Waals surface area contributed by atoms with Crippen LogP contribution in [0.4, 0.5) is 0 Å². The van der Waals surface area contributed by atoms with Gasteiger partial charge in [0.25, 0.3) is 0 Å². The summed E-state index contributed by atoms with van der Waals surface area (Å²) in [5.41, 5.74) is 6.96. The third-order valence-electron chi connectivity index (χ3n) is 2.81. The largest absolute Gasteiger partial charge is 2.00 e. The van der Waals surface area contributed by atoms with Crippen LogP contribution in [0.25, 0.3) is 11.1 Å². The van der Waals surface area contributed by atoms with E-state index < -0.39 is 0 Å².